The fourth-order valence-corrected chi connectivity index (χ4v) is 2.35. The van der Waals surface area contributed by atoms with E-state index in [0.29, 0.717) is 18.2 Å². The van der Waals surface area contributed by atoms with Crippen molar-refractivity contribution in [3.8, 4) is 0 Å². The lowest BCUT2D eigenvalue weighted by molar-refractivity contribution is -0.117. The molecule has 2 rings (SSSR count). The largest absolute Gasteiger partial charge is 0.311 e. The summed E-state index contributed by atoms with van der Waals surface area (Å²) >= 11 is 3.31. The summed E-state index contributed by atoms with van der Waals surface area (Å²) in [5, 5.41) is 2.83. The zero-order chi connectivity index (χ0) is 11.4. The number of rotatable bonds is 3. The molecule has 0 saturated heterocycles. The van der Waals surface area contributed by atoms with Gasteiger partial charge >= 0.3 is 0 Å². The van der Waals surface area contributed by atoms with Gasteiger partial charge in [0.05, 0.1) is 0 Å². The highest BCUT2D eigenvalue weighted by Crippen LogP contribution is 2.27. The molecule has 1 N–H and O–H groups in total. The Morgan fingerprint density at radius 2 is 2.19 bits per heavy atom. The topological polar surface area (TPSA) is 42.0 Å². The van der Waals surface area contributed by atoms with Crippen molar-refractivity contribution in [2.75, 3.05) is 5.32 Å². The zero-order valence-electron chi connectivity index (χ0n) is 9.08. The van der Waals surface area contributed by atoms with E-state index in [1.165, 1.54) is 25.7 Å². The van der Waals surface area contributed by atoms with E-state index in [1.54, 1.807) is 12.3 Å². The van der Waals surface area contributed by atoms with Crippen LogP contribution in [0, 0.1) is 5.92 Å². The highest BCUT2D eigenvalue weighted by Gasteiger charge is 2.18. The molecular formula is C12H15BrN2O. The number of aromatic nitrogens is 1. The predicted molar refractivity (Wildman–Crippen MR) is 67.1 cm³/mol. The quantitative estimate of drug-likeness (QED) is 0.924. The average Bonchev–Trinajstić information content (AvgIpc) is 2.74. The van der Waals surface area contributed by atoms with Gasteiger partial charge in [0.25, 0.3) is 0 Å². The molecule has 1 heterocycles. The minimum Gasteiger partial charge on any atom is -0.311 e. The van der Waals surface area contributed by atoms with E-state index in [4.69, 9.17) is 0 Å². The zero-order valence-corrected chi connectivity index (χ0v) is 10.7. The van der Waals surface area contributed by atoms with Crippen molar-refractivity contribution in [3.05, 3.63) is 22.8 Å². The maximum atomic E-state index is 11.7. The Labute approximate surface area is 104 Å². The molecule has 4 heteroatoms. The highest BCUT2D eigenvalue weighted by atomic mass is 79.9. The number of carbonyl (C=O) groups excluding carboxylic acids is 1. The van der Waals surface area contributed by atoms with Crippen LogP contribution in [0.25, 0.3) is 0 Å². The van der Waals surface area contributed by atoms with Crippen LogP contribution in [0.5, 0.6) is 0 Å². The van der Waals surface area contributed by atoms with E-state index < -0.39 is 0 Å². The lowest BCUT2D eigenvalue weighted by Crippen LogP contribution is -2.15. The fourth-order valence-electron chi connectivity index (χ4n) is 2.12. The van der Waals surface area contributed by atoms with Gasteiger partial charge in [0.15, 0.2) is 0 Å². The number of nitrogens with one attached hydrogen (secondary N) is 1. The van der Waals surface area contributed by atoms with Crippen molar-refractivity contribution in [2.24, 2.45) is 5.92 Å². The summed E-state index contributed by atoms with van der Waals surface area (Å²) in [6, 6.07) is 3.68. The molecule has 0 aliphatic heterocycles. The smallest absolute Gasteiger partial charge is 0.225 e. The van der Waals surface area contributed by atoms with Gasteiger partial charge in [-0.15, -0.1) is 0 Å². The van der Waals surface area contributed by atoms with E-state index in [1.807, 2.05) is 6.07 Å². The van der Waals surface area contributed by atoms with Gasteiger partial charge in [-0.05, 0) is 46.8 Å². The molecule has 1 amide bonds. The van der Waals surface area contributed by atoms with Crippen LogP contribution >= 0.6 is 15.9 Å². The summed E-state index contributed by atoms with van der Waals surface area (Å²) in [7, 11) is 0. The van der Waals surface area contributed by atoms with Gasteiger partial charge in [-0.3, -0.25) is 4.79 Å². The number of amides is 1. The van der Waals surface area contributed by atoms with Gasteiger partial charge in [0.2, 0.25) is 5.91 Å². The lowest BCUT2D eigenvalue weighted by atomic mass is 10.0. The maximum absolute atomic E-state index is 11.7. The van der Waals surface area contributed by atoms with E-state index in [0.717, 1.165) is 4.47 Å². The van der Waals surface area contributed by atoms with Crippen molar-refractivity contribution < 1.29 is 4.79 Å². The molecule has 0 radical (unpaired) electrons. The first-order chi connectivity index (χ1) is 7.74. The number of halogens is 1. The van der Waals surface area contributed by atoms with Crippen molar-refractivity contribution in [1.82, 2.24) is 4.98 Å². The summed E-state index contributed by atoms with van der Waals surface area (Å²) in [6.07, 6.45) is 7.26. The van der Waals surface area contributed by atoms with Crippen LogP contribution in [-0.2, 0) is 4.79 Å². The summed E-state index contributed by atoms with van der Waals surface area (Å²) in [6.45, 7) is 0. The minimum absolute atomic E-state index is 0.0849. The number of nitrogens with zero attached hydrogens (tertiary/aromatic N) is 1. The SMILES string of the molecule is O=C(CC1CCCC1)Nc1ccc(Br)cn1. The molecular weight excluding hydrogens is 268 g/mol. The average molecular weight is 283 g/mol. The van der Waals surface area contributed by atoms with Crippen LogP contribution in [0.2, 0.25) is 0 Å². The molecule has 1 aromatic heterocycles. The molecule has 0 spiro atoms. The van der Waals surface area contributed by atoms with Crippen LogP contribution in [0.15, 0.2) is 22.8 Å². The summed E-state index contributed by atoms with van der Waals surface area (Å²) < 4.78 is 0.918. The monoisotopic (exact) mass is 282 g/mol. The molecule has 0 aromatic carbocycles. The number of anilines is 1. The number of pyridine rings is 1. The van der Waals surface area contributed by atoms with Gasteiger partial charge in [0, 0.05) is 17.1 Å². The molecule has 86 valence electrons. The first-order valence-corrected chi connectivity index (χ1v) is 6.45. The molecule has 1 aliphatic carbocycles. The molecule has 16 heavy (non-hydrogen) atoms. The molecule has 0 unspecified atom stereocenters. The second-order valence-electron chi connectivity index (χ2n) is 4.26. The molecule has 0 atom stereocenters. The Hall–Kier alpha value is -0.900. The molecule has 1 aromatic rings. The number of hydrogen-bond donors (Lipinski definition) is 1. The van der Waals surface area contributed by atoms with Crippen molar-refractivity contribution in [1.29, 1.82) is 0 Å². The molecule has 0 bridgehead atoms. The van der Waals surface area contributed by atoms with E-state index in [-0.39, 0.29) is 5.91 Å². The Bertz CT molecular complexity index is 358. The van der Waals surface area contributed by atoms with E-state index >= 15 is 0 Å². The molecule has 1 aliphatic rings. The third-order valence-corrected chi connectivity index (χ3v) is 3.41. The minimum atomic E-state index is 0.0849. The number of carbonyl (C=O) groups is 1. The van der Waals surface area contributed by atoms with Crippen LogP contribution < -0.4 is 5.32 Å². The van der Waals surface area contributed by atoms with Crippen LogP contribution in [0.1, 0.15) is 32.1 Å². The van der Waals surface area contributed by atoms with Crippen molar-refractivity contribution >= 4 is 27.7 Å². The predicted octanol–water partition coefficient (Wildman–Crippen LogP) is 3.36. The maximum Gasteiger partial charge on any atom is 0.225 e. The Kier molecular flexibility index (Phi) is 3.93. The normalized spacial score (nSPS) is 16.3. The fraction of sp³-hybridized carbons (Fsp3) is 0.500. The van der Waals surface area contributed by atoms with Crippen molar-refractivity contribution in [3.63, 3.8) is 0 Å². The van der Waals surface area contributed by atoms with Gasteiger partial charge in [0.1, 0.15) is 5.82 Å². The Balaban J connectivity index is 1.84. The summed E-state index contributed by atoms with van der Waals surface area (Å²) in [5.74, 6) is 1.29. The van der Waals surface area contributed by atoms with Gasteiger partial charge < -0.3 is 5.32 Å². The van der Waals surface area contributed by atoms with Crippen LogP contribution in [0.3, 0.4) is 0 Å². The Morgan fingerprint density at radius 1 is 1.44 bits per heavy atom. The van der Waals surface area contributed by atoms with Crippen LogP contribution in [-0.4, -0.2) is 10.9 Å². The highest BCUT2D eigenvalue weighted by molar-refractivity contribution is 9.10. The van der Waals surface area contributed by atoms with E-state index in [2.05, 4.69) is 26.2 Å². The second kappa shape index (κ2) is 5.43. The number of hydrogen-bond acceptors (Lipinski definition) is 2. The lowest BCUT2D eigenvalue weighted by Gasteiger charge is -2.08. The first kappa shape index (κ1) is 11.6. The van der Waals surface area contributed by atoms with Crippen molar-refractivity contribution in [2.45, 2.75) is 32.1 Å². The molecule has 1 fully saturated rings. The van der Waals surface area contributed by atoms with Gasteiger partial charge in [-0.2, -0.15) is 0 Å². The first-order valence-electron chi connectivity index (χ1n) is 5.65. The van der Waals surface area contributed by atoms with Gasteiger partial charge in [-0.25, -0.2) is 4.98 Å². The molecule has 1 saturated carbocycles. The third kappa shape index (κ3) is 3.30. The summed E-state index contributed by atoms with van der Waals surface area (Å²) in [4.78, 5) is 15.8. The third-order valence-electron chi connectivity index (χ3n) is 2.94. The second-order valence-corrected chi connectivity index (χ2v) is 5.18. The molecule has 3 nitrogen and oxygen atoms in total. The standard InChI is InChI=1S/C12H15BrN2O/c13-10-5-6-11(14-8-10)15-12(16)7-9-3-1-2-4-9/h5-6,8-9H,1-4,7H2,(H,14,15,16). The van der Waals surface area contributed by atoms with Gasteiger partial charge in [-0.1, -0.05) is 12.8 Å². The van der Waals surface area contributed by atoms with E-state index in [9.17, 15) is 4.79 Å². The van der Waals surface area contributed by atoms with Crippen LogP contribution in [0.4, 0.5) is 5.82 Å². The summed E-state index contributed by atoms with van der Waals surface area (Å²) in [5.41, 5.74) is 0. The Morgan fingerprint density at radius 3 is 2.81 bits per heavy atom.